The normalized spacial score (nSPS) is 11.6. The fourth-order valence-corrected chi connectivity index (χ4v) is 2.15. The maximum Gasteiger partial charge on any atom is 0.418 e. The van der Waals surface area contributed by atoms with Crippen LogP contribution in [0.4, 0.5) is 24.5 Å². The number of alkyl halides is 3. The Balaban J connectivity index is 2.17. The molecule has 128 valence electrons. The van der Waals surface area contributed by atoms with Crippen LogP contribution in [0.1, 0.15) is 5.56 Å². The third-order valence-electron chi connectivity index (χ3n) is 3.07. The van der Waals surface area contributed by atoms with E-state index in [0.29, 0.717) is 5.69 Å². The van der Waals surface area contributed by atoms with Crippen LogP contribution in [0.15, 0.2) is 64.8 Å². The number of para-hydroxylation sites is 1. The van der Waals surface area contributed by atoms with Gasteiger partial charge < -0.3 is 10.6 Å². The number of carbonyl (C=O) groups is 1. The molecule has 2 aromatic rings. The topological polar surface area (TPSA) is 64.9 Å². The van der Waals surface area contributed by atoms with Gasteiger partial charge in [-0.05, 0) is 36.4 Å². The van der Waals surface area contributed by atoms with Gasteiger partial charge in [0.25, 0.3) is 5.91 Å². The summed E-state index contributed by atoms with van der Waals surface area (Å²) in [5.74, 6) is -0.734. The Morgan fingerprint density at radius 2 is 1.76 bits per heavy atom. The van der Waals surface area contributed by atoms with Crippen LogP contribution in [0, 0.1) is 11.3 Å². The molecular weight excluding hydrogens is 399 g/mol. The molecule has 0 unspecified atom stereocenters. The zero-order chi connectivity index (χ0) is 18.4. The van der Waals surface area contributed by atoms with Crippen molar-refractivity contribution in [1.29, 1.82) is 5.26 Å². The van der Waals surface area contributed by atoms with Crippen molar-refractivity contribution in [3.05, 3.63) is 70.3 Å². The number of carbonyl (C=O) groups excluding carboxylic acids is 1. The van der Waals surface area contributed by atoms with Crippen molar-refractivity contribution in [3.8, 4) is 6.07 Å². The highest BCUT2D eigenvalue weighted by atomic mass is 79.9. The van der Waals surface area contributed by atoms with Gasteiger partial charge in [-0.2, -0.15) is 18.4 Å². The van der Waals surface area contributed by atoms with Gasteiger partial charge in [-0.1, -0.05) is 28.1 Å². The van der Waals surface area contributed by atoms with E-state index in [-0.39, 0.29) is 11.3 Å². The van der Waals surface area contributed by atoms with Crippen molar-refractivity contribution in [1.82, 2.24) is 0 Å². The van der Waals surface area contributed by atoms with Crippen molar-refractivity contribution in [2.24, 2.45) is 0 Å². The molecule has 0 bridgehead atoms. The molecule has 0 aliphatic rings. The lowest BCUT2D eigenvalue weighted by molar-refractivity contribution is -0.136. The molecule has 0 fully saturated rings. The standard InChI is InChI=1S/C17H11BrF3N3O/c18-12-5-7-13(8-6-12)24-16(25)11(9-22)10-23-15-4-2-1-3-14(15)17(19,20)21/h1-8,10,23H,(H,24,25)/b11-10-. The number of halogens is 4. The maximum atomic E-state index is 12.9. The number of hydrogen-bond donors (Lipinski definition) is 2. The molecule has 0 aliphatic carbocycles. The fourth-order valence-electron chi connectivity index (χ4n) is 1.89. The SMILES string of the molecule is N#C/C(=C/Nc1ccccc1C(F)(F)F)C(=O)Nc1ccc(Br)cc1. The van der Waals surface area contributed by atoms with Crippen LogP contribution >= 0.6 is 15.9 Å². The minimum absolute atomic E-state index is 0.251. The Hall–Kier alpha value is -2.79. The van der Waals surface area contributed by atoms with Crippen LogP contribution in [0.25, 0.3) is 0 Å². The fraction of sp³-hybridized carbons (Fsp3) is 0.0588. The molecule has 2 rings (SSSR count). The maximum absolute atomic E-state index is 12.9. The summed E-state index contributed by atoms with van der Waals surface area (Å²) < 4.78 is 39.6. The molecule has 8 heteroatoms. The van der Waals surface area contributed by atoms with Gasteiger partial charge in [0.15, 0.2) is 0 Å². The van der Waals surface area contributed by atoms with Crippen LogP contribution in [0.5, 0.6) is 0 Å². The van der Waals surface area contributed by atoms with Crippen LogP contribution in [-0.4, -0.2) is 5.91 Å². The number of nitrogens with one attached hydrogen (secondary N) is 2. The van der Waals surface area contributed by atoms with Gasteiger partial charge in [-0.3, -0.25) is 4.79 Å². The first-order valence-corrected chi connectivity index (χ1v) is 7.70. The first kappa shape index (κ1) is 18.5. The van der Waals surface area contributed by atoms with Crippen molar-refractivity contribution < 1.29 is 18.0 Å². The molecular formula is C17H11BrF3N3O. The minimum Gasteiger partial charge on any atom is -0.360 e. The van der Waals surface area contributed by atoms with Gasteiger partial charge in [0.05, 0.1) is 11.3 Å². The third-order valence-corrected chi connectivity index (χ3v) is 3.60. The predicted molar refractivity (Wildman–Crippen MR) is 91.5 cm³/mol. The van der Waals surface area contributed by atoms with Gasteiger partial charge >= 0.3 is 6.18 Å². The summed E-state index contributed by atoms with van der Waals surface area (Å²) in [6, 6.07) is 13.1. The number of hydrogen-bond acceptors (Lipinski definition) is 3. The lowest BCUT2D eigenvalue weighted by atomic mass is 10.1. The zero-order valence-corrected chi connectivity index (χ0v) is 14.1. The second kappa shape index (κ2) is 7.85. The quantitative estimate of drug-likeness (QED) is 0.555. The molecule has 0 aliphatic heterocycles. The second-order valence-electron chi connectivity index (χ2n) is 4.82. The summed E-state index contributed by atoms with van der Waals surface area (Å²) in [7, 11) is 0. The molecule has 0 aromatic heterocycles. The zero-order valence-electron chi connectivity index (χ0n) is 12.6. The molecule has 2 N–H and O–H groups in total. The van der Waals surface area contributed by atoms with Crippen molar-refractivity contribution in [2.75, 3.05) is 10.6 Å². The summed E-state index contributed by atoms with van der Waals surface area (Å²) in [5.41, 5.74) is -1.05. The Kier molecular flexibility index (Phi) is 5.83. The largest absolute Gasteiger partial charge is 0.418 e. The summed E-state index contributed by atoms with van der Waals surface area (Å²) in [6.45, 7) is 0. The molecule has 0 heterocycles. The van der Waals surface area contributed by atoms with Crippen molar-refractivity contribution in [2.45, 2.75) is 6.18 Å². The van der Waals surface area contributed by atoms with E-state index in [1.165, 1.54) is 18.2 Å². The molecule has 25 heavy (non-hydrogen) atoms. The van der Waals surface area contributed by atoms with Gasteiger partial charge in [-0.15, -0.1) is 0 Å². The van der Waals surface area contributed by atoms with Crippen LogP contribution in [0.3, 0.4) is 0 Å². The summed E-state index contributed by atoms with van der Waals surface area (Å²) >= 11 is 3.25. The third kappa shape index (κ3) is 5.09. The van der Waals surface area contributed by atoms with Gasteiger partial charge in [0.2, 0.25) is 0 Å². The number of nitrogens with zero attached hydrogens (tertiary/aromatic N) is 1. The second-order valence-corrected chi connectivity index (χ2v) is 5.73. The number of anilines is 2. The van der Waals surface area contributed by atoms with E-state index in [1.807, 2.05) is 0 Å². The smallest absolute Gasteiger partial charge is 0.360 e. The molecule has 0 spiro atoms. The molecule has 0 radical (unpaired) electrons. The summed E-state index contributed by atoms with van der Waals surface area (Å²) in [6.07, 6.45) is -3.61. The van der Waals surface area contributed by atoms with Crippen molar-refractivity contribution in [3.63, 3.8) is 0 Å². The molecule has 0 saturated heterocycles. The molecule has 4 nitrogen and oxygen atoms in total. The molecule has 1 amide bonds. The molecule has 2 aromatic carbocycles. The number of nitriles is 1. The monoisotopic (exact) mass is 409 g/mol. The Morgan fingerprint density at radius 1 is 1.12 bits per heavy atom. The average molecular weight is 410 g/mol. The van der Waals surface area contributed by atoms with Crippen LogP contribution in [-0.2, 0) is 11.0 Å². The van der Waals surface area contributed by atoms with Gasteiger partial charge in [0.1, 0.15) is 11.6 Å². The van der Waals surface area contributed by atoms with Gasteiger partial charge in [0, 0.05) is 16.4 Å². The Labute approximate surface area is 150 Å². The van der Waals surface area contributed by atoms with Crippen LogP contribution in [0.2, 0.25) is 0 Å². The number of amides is 1. The average Bonchev–Trinajstić information content (AvgIpc) is 2.57. The van der Waals surface area contributed by atoms with E-state index in [4.69, 9.17) is 5.26 Å². The van der Waals surface area contributed by atoms with Crippen LogP contribution < -0.4 is 10.6 Å². The highest BCUT2D eigenvalue weighted by Crippen LogP contribution is 2.34. The number of rotatable bonds is 4. The van der Waals surface area contributed by atoms with E-state index in [2.05, 4.69) is 26.6 Å². The summed E-state index contributed by atoms with van der Waals surface area (Å²) in [5, 5.41) is 13.9. The Bertz CT molecular complexity index is 839. The first-order chi connectivity index (χ1) is 11.8. The van der Waals surface area contributed by atoms with E-state index in [9.17, 15) is 18.0 Å². The lowest BCUT2D eigenvalue weighted by Crippen LogP contribution is -2.15. The van der Waals surface area contributed by atoms with Gasteiger partial charge in [-0.25, -0.2) is 0 Å². The predicted octanol–water partition coefficient (Wildman–Crippen LogP) is 4.93. The molecule has 0 saturated carbocycles. The van der Waals surface area contributed by atoms with E-state index in [1.54, 1.807) is 30.3 Å². The molecule has 0 atom stereocenters. The first-order valence-electron chi connectivity index (χ1n) is 6.91. The van der Waals surface area contributed by atoms with E-state index < -0.39 is 17.6 Å². The minimum atomic E-state index is -4.55. The van der Waals surface area contributed by atoms with E-state index >= 15 is 0 Å². The van der Waals surface area contributed by atoms with E-state index in [0.717, 1.165) is 16.7 Å². The van der Waals surface area contributed by atoms with Crippen molar-refractivity contribution >= 4 is 33.2 Å². The highest BCUT2D eigenvalue weighted by Gasteiger charge is 2.33. The lowest BCUT2D eigenvalue weighted by Gasteiger charge is -2.12. The highest BCUT2D eigenvalue weighted by molar-refractivity contribution is 9.10. The summed E-state index contributed by atoms with van der Waals surface area (Å²) in [4.78, 5) is 12.1. The Morgan fingerprint density at radius 3 is 2.36 bits per heavy atom. The number of benzene rings is 2.